The van der Waals surface area contributed by atoms with Gasteiger partial charge in [0.15, 0.2) is 5.78 Å². The molecule has 1 aromatic heterocycles. The number of Topliss-reactive ketones (excluding diaryl/α,β-unsaturated/α-hetero) is 1. The highest BCUT2D eigenvalue weighted by atomic mass is 16.5. The summed E-state index contributed by atoms with van der Waals surface area (Å²) in [4.78, 5) is 17.2. The number of carbonyl (C=O) groups is 1. The van der Waals surface area contributed by atoms with Gasteiger partial charge in [-0.15, -0.1) is 0 Å². The van der Waals surface area contributed by atoms with Crippen LogP contribution < -0.4 is 10.1 Å². The zero-order chi connectivity index (χ0) is 19.2. The quantitative estimate of drug-likeness (QED) is 0.570. The Morgan fingerprint density at radius 2 is 2.00 bits per heavy atom. The van der Waals surface area contributed by atoms with Crippen LogP contribution in [0.15, 0.2) is 48.7 Å². The summed E-state index contributed by atoms with van der Waals surface area (Å²) in [5.74, 6) is 0.647. The number of hydrogen-bond donors (Lipinski definition) is 2. The van der Waals surface area contributed by atoms with Crippen molar-refractivity contribution < 1.29 is 14.6 Å². The number of aliphatic hydroxyl groups excluding tert-OH is 1. The number of ketones is 1. The molecule has 0 aliphatic rings. The van der Waals surface area contributed by atoms with E-state index < -0.39 is 0 Å². The molecule has 0 amide bonds. The molecule has 0 saturated carbocycles. The van der Waals surface area contributed by atoms with Crippen molar-refractivity contribution in [3.63, 3.8) is 0 Å². The van der Waals surface area contributed by atoms with E-state index in [0.717, 1.165) is 28.7 Å². The van der Waals surface area contributed by atoms with Crippen molar-refractivity contribution in [2.75, 3.05) is 18.5 Å². The number of benzene rings is 2. The number of anilines is 2. The predicted molar refractivity (Wildman–Crippen MR) is 108 cm³/mol. The molecule has 0 fully saturated rings. The Hall–Kier alpha value is -2.92. The molecule has 3 aromatic rings. The first kappa shape index (κ1) is 18.9. The highest BCUT2D eigenvalue weighted by molar-refractivity contribution is 6.09. The summed E-state index contributed by atoms with van der Waals surface area (Å²) in [6.45, 7) is 4.13. The first-order valence-electron chi connectivity index (χ1n) is 9.17. The molecule has 0 saturated heterocycles. The van der Waals surface area contributed by atoms with Crippen molar-refractivity contribution in [2.45, 2.75) is 26.7 Å². The summed E-state index contributed by atoms with van der Waals surface area (Å²) in [5, 5.41) is 13.3. The largest absolute Gasteiger partial charge is 0.489 e. The number of nitrogens with zero attached hydrogens (tertiary/aromatic N) is 1. The maximum absolute atomic E-state index is 12.7. The number of aromatic nitrogens is 1. The Morgan fingerprint density at radius 3 is 2.74 bits per heavy atom. The van der Waals surface area contributed by atoms with Crippen molar-refractivity contribution in [3.8, 4) is 5.75 Å². The molecule has 1 heterocycles. The van der Waals surface area contributed by atoms with Crippen molar-refractivity contribution in [2.24, 2.45) is 0 Å². The third kappa shape index (κ3) is 4.09. The molecule has 0 aliphatic heterocycles. The number of fused-ring (bicyclic) bond motifs is 1. The third-order valence-electron chi connectivity index (χ3n) is 4.39. The zero-order valence-electron chi connectivity index (χ0n) is 15.7. The van der Waals surface area contributed by atoms with Crippen molar-refractivity contribution in [1.29, 1.82) is 0 Å². The monoisotopic (exact) mass is 364 g/mol. The molecule has 0 atom stereocenters. The Morgan fingerprint density at radius 1 is 1.19 bits per heavy atom. The molecule has 3 rings (SSSR count). The maximum Gasteiger partial charge on any atom is 0.166 e. The SMILES string of the molecule is CCCC(=O)c1cnc2c(OCCO)cccc2c1Nc1ccccc1C. The van der Waals surface area contributed by atoms with Crippen LogP contribution in [0.4, 0.5) is 11.4 Å². The van der Waals surface area contributed by atoms with E-state index in [1.807, 2.05) is 56.3 Å². The van der Waals surface area contributed by atoms with Gasteiger partial charge >= 0.3 is 0 Å². The topological polar surface area (TPSA) is 71.5 Å². The van der Waals surface area contributed by atoms with Crippen molar-refractivity contribution in [3.05, 3.63) is 59.8 Å². The molecular weight excluding hydrogens is 340 g/mol. The second-order valence-corrected chi connectivity index (χ2v) is 6.38. The lowest BCUT2D eigenvalue weighted by Crippen LogP contribution is -2.07. The van der Waals surface area contributed by atoms with Gasteiger partial charge in [0.25, 0.3) is 0 Å². The van der Waals surface area contributed by atoms with Crippen LogP contribution in [0.1, 0.15) is 35.7 Å². The maximum atomic E-state index is 12.7. The lowest BCUT2D eigenvalue weighted by atomic mass is 10.0. The minimum atomic E-state index is -0.0717. The van der Waals surface area contributed by atoms with Crippen LogP contribution in [-0.4, -0.2) is 29.1 Å². The highest BCUT2D eigenvalue weighted by Gasteiger charge is 2.17. The van der Waals surface area contributed by atoms with Crippen LogP contribution in [0.3, 0.4) is 0 Å². The van der Waals surface area contributed by atoms with Gasteiger partial charge in [0.1, 0.15) is 17.9 Å². The standard InChI is InChI=1S/C22H24N2O3/c1-3-7-19(26)17-14-23-22-16(9-6-11-20(22)27-13-12-25)21(17)24-18-10-5-4-8-15(18)2/h4-6,8-11,14,25H,3,7,12-13H2,1-2H3,(H,23,24). The molecule has 2 N–H and O–H groups in total. The van der Waals surface area contributed by atoms with Crippen LogP contribution >= 0.6 is 0 Å². The zero-order valence-corrected chi connectivity index (χ0v) is 15.7. The van der Waals surface area contributed by atoms with E-state index in [9.17, 15) is 4.79 Å². The summed E-state index contributed by atoms with van der Waals surface area (Å²) in [6.07, 6.45) is 2.86. The van der Waals surface area contributed by atoms with Crippen LogP contribution in [0, 0.1) is 6.92 Å². The van der Waals surface area contributed by atoms with E-state index in [1.54, 1.807) is 6.20 Å². The van der Waals surface area contributed by atoms with Crippen molar-refractivity contribution in [1.82, 2.24) is 4.98 Å². The molecule has 0 aliphatic carbocycles. The smallest absolute Gasteiger partial charge is 0.166 e. The number of aryl methyl sites for hydroxylation is 1. The van der Waals surface area contributed by atoms with Crippen LogP contribution in [-0.2, 0) is 0 Å². The fourth-order valence-electron chi connectivity index (χ4n) is 3.02. The van der Waals surface area contributed by atoms with Crippen LogP contribution in [0.5, 0.6) is 5.75 Å². The van der Waals surface area contributed by atoms with E-state index in [2.05, 4.69) is 10.3 Å². The number of para-hydroxylation sites is 2. The summed E-state index contributed by atoms with van der Waals surface area (Å²) >= 11 is 0. The Labute approximate surface area is 159 Å². The molecular formula is C22H24N2O3. The third-order valence-corrected chi connectivity index (χ3v) is 4.39. The van der Waals surface area contributed by atoms with E-state index in [-0.39, 0.29) is 19.0 Å². The van der Waals surface area contributed by atoms with Gasteiger partial charge in [0.05, 0.1) is 17.9 Å². The summed E-state index contributed by atoms with van der Waals surface area (Å²) < 4.78 is 5.62. The summed E-state index contributed by atoms with van der Waals surface area (Å²) in [5.41, 5.74) is 4.01. The van der Waals surface area contributed by atoms with Gasteiger partial charge in [-0.1, -0.05) is 37.3 Å². The molecule has 27 heavy (non-hydrogen) atoms. The Kier molecular flexibility index (Phi) is 6.04. The van der Waals surface area contributed by atoms with Gasteiger partial charge in [0.2, 0.25) is 0 Å². The molecule has 2 aromatic carbocycles. The van der Waals surface area contributed by atoms with Gasteiger partial charge in [-0.3, -0.25) is 9.78 Å². The summed E-state index contributed by atoms with van der Waals surface area (Å²) in [7, 11) is 0. The van der Waals surface area contributed by atoms with Gasteiger partial charge in [-0.05, 0) is 31.0 Å². The first-order chi connectivity index (χ1) is 13.2. The fourth-order valence-corrected chi connectivity index (χ4v) is 3.02. The molecule has 0 spiro atoms. The van der Waals surface area contributed by atoms with E-state index in [0.29, 0.717) is 23.3 Å². The average Bonchev–Trinajstić information content (AvgIpc) is 2.68. The van der Waals surface area contributed by atoms with E-state index in [4.69, 9.17) is 9.84 Å². The lowest BCUT2D eigenvalue weighted by molar-refractivity contribution is 0.0982. The minimum absolute atomic E-state index is 0.0599. The molecule has 140 valence electrons. The second kappa shape index (κ2) is 8.64. The highest BCUT2D eigenvalue weighted by Crippen LogP contribution is 2.34. The van der Waals surface area contributed by atoms with E-state index >= 15 is 0 Å². The van der Waals surface area contributed by atoms with Crippen LogP contribution in [0.2, 0.25) is 0 Å². The van der Waals surface area contributed by atoms with Crippen LogP contribution in [0.25, 0.3) is 10.9 Å². The minimum Gasteiger partial charge on any atom is -0.489 e. The molecule has 0 radical (unpaired) electrons. The number of rotatable bonds is 8. The van der Waals surface area contributed by atoms with Gasteiger partial charge in [-0.25, -0.2) is 0 Å². The Bertz CT molecular complexity index is 953. The molecule has 5 nitrogen and oxygen atoms in total. The first-order valence-corrected chi connectivity index (χ1v) is 9.17. The van der Waals surface area contributed by atoms with Crippen molar-refractivity contribution >= 4 is 28.1 Å². The van der Waals surface area contributed by atoms with E-state index in [1.165, 1.54) is 0 Å². The normalized spacial score (nSPS) is 10.8. The number of pyridine rings is 1. The number of hydrogen-bond acceptors (Lipinski definition) is 5. The Balaban J connectivity index is 2.17. The summed E-state index contributed by atoms with van der Waals surface area (Å²) in [6, 6.07) is 13.6. The molecule has 0 bridgehead atoms. The second-order valence-electron chi connectivity index (χ2n) is 6.38. The molecule has 0 unspecified atom stereocenters. The van der Waals surface area contributed by atoms with Gasteiger partial charge in [0, 0.05) is 23.7 Å². The lowest BCUT2D eigenvalue weighted by Gasteiger charge is -2.17. The average molecular weight is 364 g/mol. The van der Waals surface area contributed by atoms with Gasteiger partial charge < -0.3 is 15.2 Å². The predicted octanol–water partition coefficient (Wildman–Crippen LogP) is 4.64. The molecule has 5 heteroatoms. The number of nitrogens with one attached hydrogen (secondary N) is 1. The number of carbonyl (C=O) groups excluding carboxylic acids is 1. The fraction of sp³-hybridized carbons (Fsp3) is 0.273. The van der Waals surface area contributed by atoms with Gasteiger partial charge in [-0.2, -0.15) is 0 Å². The number of ether oxygens (including phenoxy) is 1. The number of aliphatic hydroxyl groups is 1.